The monoisotopic (exact) mass is 264 g/mol. The molecule has 2 N–H and O–H groups in total. The zero-order valence-electron chi connectivity index (χ0n) is 11.4. The van der Waals surface area contributed by atoms with Crippen molar-refractivity contribution in [3.8, 4) is 11.5 Å². The van der Waals surface area contributed by atoms with Gasteiger partial charge in [-0.05, 0) is 31.5 Å². The normalized spacial score (nSPS) is 18.7. The van der Waals surface area contributed by atoms with E-state index >= 15 is 0 Å². The summed E-state index contributed by atoms with van der Waals surface area (Å²) in [4.78, 5) is 12.2. The Morgan fingerprint density at radius 2 is 2.21 bits per heavy atom. The Labute approximate surface area is 113 Å². The molecular formula is C14H20N2O3. The van der Waals surface area contributed by atoms with Gasteiger partial charge in [0.25, 0.3) is 5.91 Å². The van der Waals surface area contributed by atoms with Gasteiger partial charge in [-0.15, -0.1) is 0 Å². The number of rotatable bonds is 4. The van der Waals surface area contributed by atoms with Gasteiger partial charge in [0.05, 0.1) is 19.8 Å². The quantitative estimate of drug-likeness (QED) is 0.857. The Hall–Kier alpha value is -1.75. The van der Waals surface area contributed by atoms with E-state index in [4.69, 9.17) is 9.47 Å². The first-order valence-electron chi connectivity index (χ1n) is 6.48. The smallest absolute Gasteiger partial charge is 0.255 e. The van der Waals surface area contributed by atoms with Crippen LogP contribution in [-0.4, -0.2) is 39.3 Å². The van der Waals surface area contributed by atoms with E-state index in [9.17, 15) is 4.79 Å². The molecule has 19 heavy (non-hydrogen) atoms. The molecule has 104 valence electrons. The van der Waals surface area contributed by atoms with Crippen molar-refractivity contribution < 1.29 is 14.3 Å². The van der Waals surface area contributed by atoms with Crippen LogP contribution in [0.3, 0.4) is 0 Å². The van der Waals surface area contributed by atoms with Crippen LogP contribution in [0.1, 0.15) is 23.2 Å². The second-order valence-electron chi connectivity index (χ2n) is 4.58. The number of nitrogens with one attached hydrogen (secondary N) is 2. The molecule has 5 heteroatoms. The highest BCUT2D eigenvalue weighted by molar-refractivity contribution is 5.97. The van der Waals surface area contributed by atoms with E-state index in [2.05, 4.69) is 10.6 Å². The van der Waals surface area contributed by atoms with Gasteiger partial charge in [0, 0.05) is 18.7 Å². The first-order chi connectivity index (χ1) is 9.24. The molecule has 0 aliphatic carbocycles. The minimum atomic E-state index is -0.104. The Morgan fingerprint density at radius 3 is 2.84 bits per heavy atom. The molecule has 1 fully saturated rings. The van der Waals surface area contributed by atoms with Crippen molar-refractivity contribution in [3.05, 3.63) is 23.8 Å². The predicted octanol–water partition coefficient (Wildman–Crippen LogP) is 1.19. The third-order valence-electron chi connectivity index (χ3n) is 3.29. The van der Waals surface area contributed by atoms with Crippen molar-refractivity contribution in [1.29, 1.82) is 0 Å². The first kappa shape index (κ1) is 13.7. The van der Waals surface area contributed by atoms with Crippen molar-refractivity contribution in [2.45, 2.75) is 18.9 Å². The molecule has 0 radical (unpaired) electrons. The maximum Gasteiger partial charge on any atom is 0.255 e. The van der Waals surface area contributed by atoms with Crippen molar-refractivity contribution in [2.24, 2.45) is 0 Å². The highest BCUT2D eigenvalue weighted by atomic mass is 16.5. The maximum atomic E-state index is 12.2. The Balaban J connectivity index is 2.09. The zero-order valence-corrected chi connectivity index (χ0v) is 11.4. The molecule has 0 aromatic heterocycles. The topological polar surface area (TPSA) is 59.6 Å². The molecular weight excluding hydrogens is 244 g/mol. The van der Waals surface area contributed by atoms with Crippen LogP contribution in [-0.2, 0) is 0 Å². The molecule has 0 unspecified atom stereocenters. The molecule has 0 bridgehead atoms. The first-order valence-corrected chi connectivity index (χ1v) is 6.48. The van der Waals surface area contributed by atoms with Crippen molar-refractivity contribution in [1.82, 2.24) is 10.6 Å². The molecule has 1 aromatic carbocycles. The van der Waals surface area contributed by atoms with Crippen molar-refractivity contribution in [3.63, 3.8) is 0 Å². The predicted molar refractivity (Wildman–Crippen MR) is 72.9 cm³/mol. The molecule has 1 saturated heterocycles. The fourth-order valence-electron chi connectivity index (χ4n) is 2.22. The highest BCUT2D eigenvalue weighted by Crippen LogP contribution is 2.24. The molecule has 1 aliphatic rings. The van der Waals surface area contributed by atoms with Crippen LogP contribution in [0.15, 0.2) is 18.2 Å². The highest BCUT2D eigenvalue weighted by Gasteiger charge is 2.19. The third-order valence-corrected chi connectivity index (χ3v) is 3.29. The Morgan fingerprint density at radius 1 is 1.37 bits per heavy atom. The van der Waals surface area contributed by atoms with Gasteiger partial charge in [0.15, 0.2) is 0 Å². The minimum Gasteiger partial charge on any atom is -0.497 e. The number of ether oxygens (including phenoxy) is 2. The Kier molecular flexibility index (Phi) is 4.63. The van der Waals surface area contributed by atoms with E-state index < -0.39 is 0 Å². The van der Waals surface area contributed by atoms with Gasteiger partial charge in [-0.1, -0.05) is 0 Å². The van der Waals surface area contributed by atoms with Crippen LogP contribution < -0.4 is 20.1 Å². The van der Waals surface area contributed by atoms with Gasteiger partial charge in [-0.25, -0.2) is 0 Å². The van der Waals surface area contributed by atoms with E-state index in [1.807, 2.05) is 0 Å². The van der Waals surface area contributed by atoms with Gasteiger partial charge >= 0.3 is 0 Å². The molecule has 1 heterocycles. The molecule has 2 rings (SSSR count). The summed E-state index contributed by atoms with van der Waals surface area (Å²) < 4.78 is 10.4. The standard InChI is InChI=1S/C14H20N2O3/c1-18-11-5-6-12(13(8-11)19-2)14(17)16-10-4-3-7-15-9-10/h5-6,8,10,15H,3-4,7,9H2,1-2H3,(H,16,17)/t10-/m0/s1. The molecule has 0 saturated carbocycles. The number of carbonyl (C=O) groups excluding carboxylic acids is 1. The lowest BCUT2D eigenvalue weighted by Crippen LogP contribution is -2.45. The Bertz CT molecular complexity index is 442. The number of carbonyl (C=O) groups is 1. The van der Waals surface area contributed by atoms with Crippen LogP contribution in [0.2, 0.25) is 0 Å². The lowest BCUT2D eigenvalue weighted by atomic mass is 10.1. The lowest BCUT2D eigenvalue weighted by Gasteiger charge is -2.24. The van der Waals surface area contributed by atoms with Crippen LogP contribution in [0, 0.1) is 0 Å². The van der Waals surface area contributed by atoms with E-state index in [1.54, 1.807) is 32.4 Å². The SMILES string of the molecule is COc1ccc(C(=O)N[C@H]2CCCNC2)c(OC)c1. The van der Waals surface area contributed by atoms with E-state index in [0.29, 0.717) is 17.1 Å². The molecule has 1 atom stereocenters. The van der Waals surface area contributed by atoms with Crippen LogP contribution >= 0.6 is 0 Å². The van der Waals surface area contributed by atoms with Crippen molar-refractivity contribution in [2.75, 3.05) is 27.3 Å². The summed E-state index contributed by atoms with van der Waals surface area (Å²) in [7, 11) is 3.13. The molecule has 1 aromatic rings. The molecule has 1 aliphatic heterocycles. The third kappa shape index (κ3) is 3.38. The molecule has 5 nitrogen and oxygen atoms in total. The van der Waals surface area contributed by atoms with E-state index in [-0.39, 0.29) is 11.9 Å². The number of piperidine rings is 1. The fraction of sp³-hybridized carbons (Fsp3) is 0.500. The average molecular weight is 264 g/mol. The van der Waals surface area contributed by atoms with Gasteiger partial charge < -0.3 is 20.1 Å². The van der Waals surface area contributed by atoms with Gasteiger partial charge in [0.2, 0.25) is 0 Å². The van der Waals surface area contributed by atoms with Crippen LogP contribution in [0.5, 0.6) is 11.5 Å². The van der Waals surface area contributed by atoms with Gasteiger partial charge in [-0.3, -0.25) is 4.79 Å². The summed E-state index contributed by atoms with van der Waals surface area (Å²) in [6.07, 6.45) is 2.10. The number of amides is 1. The number of methoxy groups -OCH3 is 2. The summed E-state index contributed by atoms with van der Waals surface area (Å²) in [5.41, 5.74) is 0.536. The van der Waals surface area contributed by atoms with Gasteiger partial charge in [-0.2, -0.15) is 0 Å². The number of benzene rings is 1. The zero-order chi connectivity index (χ0) is 13.7. The largest absolute Gasteiger partial charge is 0.497 e. The summed E-state index contributed by atoms with van der Waals surface area (Å²) in [5.74, 6) is 1.10. The lowest BCUT2D eigenvalue weighted by molar-refractivity contribution is 0.0927. The van der Waals surface area contributed by atoms with Crippen LogP contribution in [0.25, 0.3) is 0 Å². The molecule has 1 amide bonds. The van der Waals surface area contributed by atoms with Gasteiger partial charge in [0.1, 0.15) is 11.5 Å². The second-order valence-corrected chi connectivity index (χ2v) is 4.58. The summed E-state index contributed by atoms with van der Waals surface area (Å²) in [5, 5.41) is 6.30. The van der Waals surface area contributed by atoms with Crippen molar-refractivity contribution >= 4 is 5.91 Å². The van der Waals surface area contributed by atoms with E-state index in [0.717, 1.165) is 25.9 Å². The summed E-state index contributed by atoms with van der Waals surface area (Å²) >= 11 is 0. The number of hydrogen-bond donors (Lipinski definition) is 2. The second kappa shape index (κ2) is 6.43. The van der Waals surface area contributed by atoms with Crippen LogP contribution in [0.4, 0.5) is 0 Å². The van der Waals surface area contributed by atoms with E-state index in [1.165, 1.54) is 0 Å². The summed E-state index contributed by atoms with van der Waals surface area (Å²) in [6.45, 7) is 1.85. The summed E-state index contributed by atoms with van der Waals surface area (Å²) in [6, 6.07) is 5.39. The molecule has 0 spiro atoms. The average Bonchev–Trinajstić information content (AvgIpc) is 2.47. The number of hydrogen-bond acceptors (Lipinski definition) is 4. The fourth-order valence-corrected chi connectivity index (χ4v) is 2.22. The minimum absolute atomic E-state index is 0.104. The maximum absolute atomic E-state index is 12.2.